The maximum absolute atomic E-state index is 12.4. The molecule has 0 radical (unpaired) electrons. The first-order chi connectivity index (χ1) is 16.4. The molecule has 7 nitrogen and oxygen atoms in total. The Labute approximate surface area is 198 Å². The van der Waals surface area contributed by atoms with Gasteiger partial charge in [-0.2, -0.15) is 0 Å². The zero-order chi connectivity index (χ0) is 24.3. The van der Waals surface area contributed by atoms with Gasteiger partial charge in [-0.3, -0.25) is 0 Å². The quantitative estimate of drug-likeness (QED) is 0.211. The van der Waals surface area contributed by atoms with Gasteiger partial charge in [0.1, 0.15) is 17.3 Å². The fraction of sp³-hybridized carbons (Fsp3) is 0.222. The van der Waals surface area contributed by atoms with E-state index < -0.39 is 17.9 Å². The van der Waals surface area contributed by atoms with E-state index in [1.807, 2.05) is 19.1 Å². The predicted molar refractivity (Wildman–Crippen MR) is 125 cm³/mol. The van der Waals surface area contributed by atoms with Crippen LogP contribution in [-0.2, 0) is 19.0 Å². The smallest absolute Gasteiger partial charge is 0.343 e. The lowest BCUT2D eigenvalue weighted by Crippen LogP contribution is -2.10. The number of benzene rings is 2. The fourth-order valence-corrected chi connectivity index (χ4v) is 2.98. The van der Waals surface area contributed by atoms with Gasteiger partial charge in [-0.25, -0.2) is 14.4 Å². The van der Waals surface area contributed by atoms with Gasteiger partial charge in [0.05, 0.1) is 24.3 Å². The van der Waals surface area contributed by atoms with E-state index >= 15 is 0 Å². The molecular formula is C27H26O7. The van der Waals surface area contributed by atoms with Gasteiger partial charge in [0.25, 0.3) is 0 Å². The Hall–Kier alpha value is -4.13. The molecule has 0 N–H and O–H groups in total. The first-order valence-corrected chi connectivity index (χ1v) is 10.9. The Morgan fingerprint density at radius 2 is 1.35 bits per heavy atom. The first-order valence-electron chi connectivity index (χ1n) is 10.9. The molecular weight excluding hydrogens is 436 g/mol. The van der Waals surface area contributed by atoms with Crippen molar-refractivity contribution in [2.24, 2.45) is 0 Å². The second-order valence-electron chi connectivity index (χ2n) is 7.51. The van der Waals surface area contributed by atoms with Crippen molar-refractivity contribution >= 4 is 17.9 Å². The van der Waals surface area contributed by atoms with Crippen molar-refractivity contribution in [2.45, 2.75) is 26.2 Å². The number of rotatable bonds is 10. The summed E-state index contributed by atoms with van der Waals surface area (Å²) in [4.78, 5) is 35.6. The Morgan fingerprint density at radius 3 is 1.85 bits per heavy atom. The highest BCUT2D eigenvalue weighted by molar-refractivity contribution is 5.91. The van der Waals surface area contributed by atoms with Crippen LogP contribution in [0.1, 0.15) is 45.5 Å². The Bertz CT molecular complexity index is 1090. The van der Waals surface area contributed by atoms with Crippen molar-refractivity contribution in [3.8, 4) is 5.75 Å². The van der Waals surface area contributed by atoms with Crippen LogP contribution >= 0.6 is 0 Å². The summed E-state index contributed by atoms with van der Waals surface area (Å²) in [6.45, 7) is 5.88. The molecule has 2 aromatic rings. The summed E-state index contributed by atoms with van der Waals surface area (Å²) < 4.78 is 21.3. The second-order valence-corrected chi connectivity index (χ2v) is 7.51. The molecule has 7 heteroatoms. The minimum absolute atomic E-state index is 0.242. The molecule has 0 aromatic heterocycles. The van der Waals surface area contributed by atoms with Crippen LogP contribution in [0.15, 0.2) is 84.9 Å². The van der Waals surface area contributed by atoms with Gasteiger partial charge < -0.3 is 18.9 Å². The topological polar surface area (TPSA) is 88.1 Å². The molecule has 0 atom stereocenters. The molecule has 34 heavy (non-hydrogen) atoms. The number of allylic oxidation sites excluding steroid dienone is 4. The zero-order valence-corrected chi connectivity index (χ0v) is 19.0. The van der Waals surface area contributed by atoms with Crippen molar-refractivity contribution in [3.63, 3.8) is 0 Å². The Kier molecular flexibility index (Phi) is 8.80. The molecule has 0 spiro atoms. The SMILES string of the molecule is C=CC(=O)OCCCOc1ccc(C(=O)OC2=CC=C(OC(=O)c3ccc(C)cc3)CC2)cc1. The summed E-state index contributed by atoms with van der Waals surface area (Å²) in [5.41, 5.74) is 1.93. The van der Waals surface area contributed by atoms with Crippen LogP contribution in [0.5, 0.6) is 5.75 Å². The summed E-state index contributed by atoms with van der Waals surface area (Å²) in [6, 6.07) is 13.7. The highest BCUT2D eigenvalue weighted by atomic mass is 16.5. The number of hydrogen-bond donors (Lipinski definition) is 0. The van der Waals surface area contributed by atoms with Crippen LogP contribution in [0, 0.1) is 6.92 Å². The average molecular weight is 462 g/mol. The molecule has 0 saturated carbocycles. The van der Waals surface area contributed by atoms with Gasteiger partial charge in [-0.15, -0.1) is 0 Å². The number of hydrogen-bond acceptors (Lipinski definition) is 7. The highest BCUT2D eigenvalue weighted by Gasteiger charge is 2.17. The monoisotopic (exact) mass is 462 g/mol. The van der Waals surface area contributed by atoms with Crippen LogP contribution in [0.2, 0.25) is 0 Å². The highest BCUT2D eigenvalue weighted by Crippen LogP contribution is 2.23. The van der Waals surface area contributed by atoms with Crippen LogP contribution in [0.25, 0.3) is 0 Å². The molecule has 1 aliphatic rings. The first kappa shape index (κ1) is 24.5. The third-order valence-corrected chi connectivity index (χ3v) is 4.87. The molecule has 0 aliphatic heterocycles. The van der Waals surface area contributed by atoms with E-state index in [9.17, 15) is 14.4 Å². The van der Waals surface area contributed by atoms with Crippen LogP contribution in [-0.4, -0.2) is 31.1 Å². The Morgan fingerprint density at radius 1 is 0.824 bits per heavy atom. The van der Waals surface area contributed by atoms with Crippen molar-refractivity contribution in [2.75, 3.05) is 13.2 Å². The maximum atomic E-state index is 12.4. The van der Waals surface area contributed by atoms with E-state index in [0.29, 0.717) is 54.3 Å². The summed E-state index contributed by atoms with van der Waals surface area (Å²) in [5.74, 6) is 0.237. The molecule has 0 unspecified atom stereocenters. The molecule has 1 aliphatic carbocycles. The minimum atomic E-state index is -0.484. The lowest BCUT2D eigenvalue weighted by Gasteiger charge is -2.15. The van der Waals surface area contributed by atoms with Gasteiger partial charge in [0, 0.05) is 25.3 Å². The van der Waals surface area contributed by atoms with Gasteiger partial charge in [-0.05, 0) is 55.5 Å². The Balaban J connectivity index is 1.45. The van der Waals surface area contributed by atoms with E-state index in [4.69, 9.17) is 18.9 Å². The summed E-state index contributed by atoms with van der Waals surface area (Å²) in [6.07, 6.45) is 5.81. The lowest BCUT2D eigenvalue weighted by atomic mass is 10.1. The third kappa shape index (κ3) is 7.48. The molecule has 0 amide bonds. The van der Waals surface area contributed by atoms with Crippen molar-refractivity contribution in [1.29, 1.82) is 0 Å². The van der Waals surface area contributed by atoms with Crippen molar-refractivity contribution < 1.29 is 33.3 Å². The molecule has 0 saturated heterocycles. The van der Waals surface area contributed by atoms with E-state index in [1.165, 1.54) is 0 Å². The van der Waals surface area contributed by atoms with E-state index in [1.54, 1.807) is 48.6 Å². The van der Waals surface area contributed by atoms with Crippen LogP contribution < -0.4 is 4.74 Å². The van der Waals surface area contributed by atoms with Crippen LogP contribution in [0.4, 0.5) is 0 Å². The summed E-state index contributed by atoms with van der Waals surface area (Å²) in [7, 11) is 0. The molecule has 3 rings (SSSR count). The largest absolute Gasteiger partial charge is 0.493 e. The zero-order valence-electron chi connectivity index (χ0n) is 19.0. The molecule has 2 aromatic carbocycles. The fourth-order valence-electron chi connectivity index (χ4n) is 2.98. The average Bonchev–Trinajstić information content (AvgIpc) is 2.85. The minimum Gasteiger partial charge on any atom is -0.493 e. The lowest BCUT2D eigenvalue weighted by molar-refractivity contribution is -0.137. The number of ether oxygens (including phenoxy) is 4. The molecule has 0 fully saturated rings. The summed E-state index contributed by atoms with van der Waals surface area (Å²) in [5, 5.41) is 0. The third-order valence-electron chi connectivity index (χ3n) is 4.87. The van der Waals surface area contributed by atoms with Crippen LogP contribution in [0.3, 0.4) is 0 Å². The number of esters is 3. The number of aryl methyl sites for hydroxylation is 1. The number of carbonyl (C=O) groups is 3. The van der Waals surface area contributed by atoms with Crippen molar-refractivity contribution in [3.05, 3.63) is 102 Å². The normalized spacial score (nSPS) is 12.6. The molecule has 0 bridgehead atoms. The van der Waals surface area contributed by atoms with Gasteiger partial charge >= 0.3 is 17.9 Å². The van der Waals surface area contributed by atoms with Crippen molar-refractivity contribution in [1.82, 2.24) is 0 Å². The summed E-state index contributed by atoms with van der Waals surface area (Å²) >= 11 is 0. The number of carbonyl (C=O) groups excluding carboxylic acids is 3. The van der Waals surface area contributed by atoms with E-state index in [0.717, 1.165) is 11.6 Å². The standard InChI is InChI=1S/C27H26O7/c1-3-25(28)32-18-4-17-31-22-11-9-21(10-12-22)27(30)34-24-15-13-23(14-16-24)33-26(29)20-7-5-19(2)6-8-20/h3,5-13,15H,1,4,14,16-18H2,2H3. The molecule has 0 heterocycles. The maximum Gasteiger partial charge on any atom is 0.343 e. The van der Waals surface area contributed by atoms with Gasteiger partial charge in [-0.1, -0.05) is 24.3 Å². The van der Waals surface area contributed by atoms with E-state index in [-0.39, 0.29) is 6.61 Å². The van der Waals surface area contributed by atoms with Gasteiger partial charge in [0.2, 0.25) is 0 Å². The molecule has 176 valence electrons. The predicted octanol–water partition coefficient (Wildman–Crippen LogP) is 5.07. The van der Waals surface area contributed by atoms with Gasteiger partial charge in [0.15, 0.2) is 0 Å². The van der Waals surface area contributed by atoms with E-state index in [2.05, 4.69) is 6.58 Å². The second kappa shape index (κ2) is 12.2.